The molecule has 0 spiro atoms. The molecule has 0 aromatic carbocycles. The first kappa shape index (κ1) is 27.5. The number of rotatable bonds is 8. The Morgan fingerprint density at radius 3 is 2.71 bits per heavy atom. The highest BCUT2D eigenvalue weighted by Crippen LogP contribution is 2.42. The molecule has 0 amide bonds. The highest BCUT2D eigenvalue weighted by molar-refractivity contribution is 5.77. The number of esters is 1. The molecular formula is C24H33N6O8+. The summed E-state index contributed by atoms with van der Waals surface area (Å²) in [6.45, 7) is 6.69. The standard InChI is InChI=1S/C24H33N6O8/c1-13(18(29(3)4)22(33)37-14-7-5-6-8-14)36-23(34)35-11-16-19(31)20(32)24(26-2,38-16)17-10-9-15-21(25)27-12-28-30(15)17/h2,9-10,12-14,16,18-20,31-32H,5-8,11H2,1,3-4H3,(H2,25,27,28)/q+1/t13-,16-,18+,19-,20-,24+/m1/s1. The van der Waals surface area contributed by atoms with Crippen LogP contribution < -0.4 is 5.73 Å². The summed E-state index contributed by atoms with van der Waals surface area (Å²) in [7, 11) is 3.35. The molecule has 0 bridgehead atoms. The third-order valence-corrected chi connectivity index (χ3v) is 6.95. The summed E-state index contributed by atoms with van der Waals surface area (Å²) in [5.74, 6) is -0.315. The van der Waals surface area contributed by atoms with Crippen LogP contribution in [0.15, 0.2) is 18.5 Å². The van der Waals surface area contributed by atoms with E-state index in [1.54, 1.807) is 32.0 Å². The number of aromatic nitrogens is 3. The fourth-order valence-electron chi connectivity index (χ4n) is 5.01. The molecular weight excluding hydrogens is 500 g/mol. The molecule has 2 aromatic rings. The van der Waals surface area contributed by atoms with Gasteiger partial charge >= 0.3 is 17.8 Å². The lowest BCUT2D eigenvalue weighted by molar-refractivity contribution is -0.158. The zero-order valence-electron chi connectivity index (χ0n) is 21.5. The molecule has 14 nitrogen and oxygen atoms in total. The Morgan fingerprint density at radius 2 is 2.05 bits per heavy atom. The Hall–Kier alpha value is -3.51. The van der Waals surface area contributed by atoms with Crippen LogP contribution in [0.3, 0.4) is 0 Å². The van der Waals surface area contributed by atoms with E-state index in [9.17, 15) is 19.8 Å². The average Bonchev–Trinajstić information content (AvgIpc) is 3.59. The van der Waals surface area contributed by atoms with Gasteiger partial charge < -0.3 is 30.2 Å². The van der Waals surface area contributed by atoms with Crippen LogP contribution in [0, 0.1) is 6.57 Å². The first-order chi connectivity index (χ1) is 18.1. The van der Waals surface area contributed by atoms with E-state index in [1.807, 2.05) is 0 Å². The third kappa shape index (κ3) is 5.10. The van der Waals surface area contributed by atoms with E-state index in [4.69, 9.17) is 31.3 Å². The van der Waals surface area contributed by atoms with Crippen LogP contribution in [0.5, 0.6) is 0 Å². The number of anilines is 1. The monoisotopic (exact) mass is 533 g/mol. The van der Waals surface area contributed by atoms with Gasteiger partial charge in [0, 0.05) is 0 Å². The van der Waals surface area contributed by atoms with Gasteiger partial charge in [0.15, 0.2) is 17.6 Å². The third-order valence-electron chi connectivity index (χ3n) is 6.95. The van der Waals surface area contributed by atoms with Crippen LogP contribution in [-0.4, -0.2) is 99.1 Å². The Bertz CT molecular complexity index is 1210. The smallest absolute Gasteiger partial charge is 0.461 e. The Kier molecular flexibility index (Phi) is 8.02. The number of nitrogen functional groups attached to an aromatic ring is 1. The number of carbonyl (C=O) groups excluding carboxylic acids is 2. The Balaban J connectivity index is 1.40. The van der Waals surface area contributed by atoms with Crippen molar-refractivity contribution in [2.24, 2.45) is 0 Å². The molecule has 38 heavy (non-hydrogen) atoms. The molecule has 0 radical (unpaired) electrons. The van der Waals surface area contributed by atoms with Crippen molar-refractivity contribution in [1.29, 1.82) is 0 Å². The van der Waals surface area contributed by atoms with Crippen LogP contribution in [0.4, 0.5) is 10.6 Å². The molecule has 1 saturated carbocycles. The van der Waals surface area contributed by atoms with Crippen molar-refractivity contribution in [1.82, 2.24) is 19.5 Å². The second kappa shape index (κ2) is 11.1. The molecule has 3 heterocycles. The van der Waals surface area contributed by atoms with Crippen molar-refractivity contribution in [3.8, 4) is 6.57 Å². The normalized spacial score (nSPS) is 27.2. The van der Waals surface area contributed by atoms with E-state index in [1.165, 1.54) is 16.9 Å². The van der Waals surface area contributed by atoms with Crippen molar-refractivity contribution in [2.75, 3.05) is 26.4 Å². The number of hydrogen-bond acceptors (Lipinski definition) is 12. The fraction of sp³-hybridized carbons (Fsp3) is 0.625. The summed E-state index contributed by atoms with van der Waals surface area (Å²) >= 11 is 0. The number of ether oxygens (including phenoxy) is 4. The molecule has 206 valence electrons. The van der Waals surface area contributed by atoms with Gasteiger partial charge in [-0.25, -0.2) is 14.3 Å². The second-order valence-electron chi connectivity index (χ2n) is 9.71. The van der Waals surface area contributed by atoms with E-state index in [2.05, 4.69) is 14.9 Å². The number of carbonyl (C=O) groups is 2. The summed E-state index contributed by atoms with van der Waals surface area (Å²) in [6.07, 6.45) is -1.67. The molecule has 2 aliphatic rings. The van der Waals surface area contributed by atoms with Gasteiger partial charge in [-0.05, 0) is 63.7 Å². The van der Waals surface area contributed by atoms with Gasteiger partial charge in [-0.15, -0.1) is 0 Å². The number of hydrogen-bond donors (Lipinski definition) is 3. The van der Waals surface area contributed by atoms with E-state index >= 15 is 0 Å². The van der Waals surface area contributed by atoms with Gasteiger partial charge in [-0.2, -0.15) is 5.10 Å². The molecule has 1 aliphatic heterocycles. The largest absolute Gasteiger partial charge is 0.508 e. The number of fused-ring (bicyclic) bond motifs is 1. The van der Waals surface area contributed by atoms with Gasteiger partial charge in [-0.1, -0.05) is 0 Å². The van der Waals surface area contributed by atoms with Gasteiger partial charge in [0.25, 0.3) is 6.57 Å². The van der Waals surface area contributed by atoms with Crippen molar-refractivity contribution in [2.45, 2.75) is 74.9 Å². The molecule has 1 saturated heterocycles. The first-order valence-electron chi connectivity index (χ1n) is 12.3. The molecule has 6 atom stereocenters. The second-order valence-corrected chi connectivity index (χ2v) is 9.71. The maximum Gasteiger partial charge on any atom is 0.508 e. The Morgan fingerprint density at radius 1 is 1.34 bits per heavy atom. The predicted molar refractivity (Wildman–Crippen MR) is 132 cm³/mol. The molecule has 1 aliphatic carbocycles. The SMILES string of the molecule is C#[N+][C@@]1(c2ccc3c(N)ncnn23)O[C@H](COC(=O)O[C@H](C)[C@@H](C(=O)OC2CCCC2)N(C)C)[C@@H](O)[C@H]1O. The van der Waals surface area contributed by atoms with Crippen LogP contribution >= 0.6 is 0 Å². The number of nitrogens with zero attached hydrogens (tertiary/aromatic N) is 5. The lowest BCUT2D eigenvalue weighted by atomic mass is 10.0. The van der Waals surface area contributed by atoms with Crippen LogP contribution in [0.1, 0.15) is 38.3 Å². The van der Waals surface area contributed by atoms with E-state index in [0.717, 1.165) is 25.7 Å². The number of likely N-dealkylation sites (N-methyl/N-ethyl adjacent to an activating group) is 1. The van der Waals surface area contributed by atoms with E-state index < -0.39 is 54.9 Å². The van der Waals surface area contributed by atoms with E-state index in [-0.39, 0.29) is 17.6 Å². The number of aliphatic hydroxyl groups is 2. The zero-order chi connectivity index (χ0) is 27.6. The minimum absolute atomic E-state index is 0.134. The minimum atomic E-state index is -1.93. The summed E-state index contributed by atoms with van der Waals surface area (Å²) in [5, 5.41) is 25.6. The van der Waals surface area contributed by atoms with Gasteiger partial charge in [0.1, 0.15) is 48.9 Å². The quantitative estimate of drug-likeness (QED) is 0.401. The molecule has 4 N–H and O–H groups in total. The highest BCUT2D eigenvalue weighted by Gasteiger charge is 2.66. The highest BCUT2D eigenvalue weighted by atomic mass is 16.7. The number of nitrogens with two attached hydrogens (primary N) is 1. The maximum absolute atomic E-state index is 12.7. The average molecular weight is 534 g/mol. The maximum atomic E-state index is 12.7. The van der Waals surface area contributed by atoms with Crippen molar-refractivity contribution in [3.63, 3.8) is 0 Å². The fourth-order valence-corrected chi connectivity index (χ4v) is 5.01. The van der Waals surface area contributed by atoms with Crippen molar-refractivity contribution < 1.29 is 38.7 Å². The molecule has 14 heteroatoms. The van der Waals surface area contributed by atoms with Crippen LogP contribution in [0.25, 0.3) is 10.4 Å². The topological polar surface area (TPSA) is 175 Å². The lowest BCUT2D eigenvalue weighted by Crippen LogP contribution is -2.47. The molecule has 0 unspecified atom stereocenters. The lowest BCUT2D eigenvalue weighted by Gasteiger charge is -2.28. The summed E-state index contributed by atoms with van der Waals surface area (Å²) in [6, 6.07) is 2.26. The van der Waals surface area contributed by atoms with Gasteiger partial charge in [-0.3, -0.25) is 14.4 Å². The molecule has 2 aromatic heterocycles. The van der Waals surface area contributed by atoms with Crippen molar-refractivity contribution in [3.05, 3.63) is 29.0 Å². The molecule has 2 fully saturated rings. The first-order valence-corrected chi connectivity index (χ1v) is 12.3. The number of aliphatic hydroxyl groups excluding tert-OH is 2. The summed E-state index contributed by atoms with van der Waals surface area (Å²) in [5.41, 5.74) is 4.54. The predicted octanol–water partition coefficient (Wildman–Crippen LogP) is 0.505. The molecule has 4 rings (SSSR count). The van der Waals surface area contributed by atoms with E-state index in [0.29, 0.717) is 5.52 Å². The zero-order valence-corrected chi connectivity index (χ0v) is 21.5. The minimum Gasteiger partial charge on any atom is -0.461 e. The van der Waals surface area contributed by atoms with Gasteiger partial charge in [0.05, 0.1) is 0 Å². The van der Waals surface area contributed by atoms with Crippen LogP contribution in [0.2, 0.25) is 0 Å². The summed E-state index contributed by atoms with van der Waals surface area (Å²) in [4.78, 5) is 34.4. The summed E-state index contributed by atoms with van der Waals surface area (Å²) < 4.78 is 23.2. The Labute approximate surface area is 219 Å². The van der Waals surface area contributed by atoms with Crippen molar-refractivity contribution >= 4 is 23.5 Å². The van der Waals surface area contributed by atoms with Crippen LogP contribution in [-0.2, 0) is 29.5 Å². The van der Waals surface area contributed by atoms with Gasteiger partial charge in [0.2, 0.25) is 0 Å².